The molecule has 76 valence electrons. The fourth-order valence-corrected chi connectivity index (χ4v) is 1.17. The topological polar surface area (TPSA) is 68.9 Å². The zero-order valence-corrected chi connectivity index (χ0v) is 7.93. The van der Waals surface area contributed by atoms with E-state index in [9.17, 15) is 9.59 Å². The molecule has 1 aromatic heterocycles. The summed E-state index contributed by atoms with van der Waals surface area (Å²) in [6.07, 6.45) is 3.48. The van der Waals surface area contributed by atoms with Crippen molar-refractivity contribution in [1.82, 2.24) is 19.7 Å². The van der Waals surface area contributed by atoms with Crippen LogP contribution in [0.15, 0.2) is 11.1 Å². The van der Waals surface area contributed by atoms with Crippen LogP contribution >= 0.6 is 0 Å². The molecule has 1 heterocycles. The minimum Gasteiger partial charge on any atom is -0.352 e. The quantitative estimate of drug-likeness (QED) is 0.664. The van der Waals surface area contributed by atoms with Gasteiger partial charge in [0, 0.05) is 13.1 Å². The van der Waals surface area contributed by atoms with Crippen LogP contribution < -0.4 is 11.0 Å². The second-order valence-corrected chi connectivity index (χ2v) is 3.52. The molecule has 1 aromatic rings. The zero-order valence-electron chi connectivity index (χ0n) is 7.93. The molecular weight excluding hydrogens is 184 g/mol. The Morgan fingerprint density at radius 1 is 1.71 bits per heavy atom. The number of nitrogens with zero attached hydrogens (tertiary/aromatic N) is 3. The van der Waals surface area contributed by atoms with Crippen molar-refractivity contribution in [3.05, 3.63) is 16.8 Å². The highest BCUT2D eigenvalue weighted by Crippen LogP contribution is 2.18. The Labute approximate surface area is 80.5 Å². The van der Waals surface area contributed by atoms with Crippen molar-refractivity contribution < 1.29 is 4.79 Å². The predicted molar refractivity (Wildman–Crippen MR) is 48.6 cm³/mol. The first-order valence-corrected chi connectivity index (χ1v) is 4.54. The molecule has 2 rings (SSSR count). The summed E-state index contributed by atoms with van der Waals surface area (Å²) in [5.74, 6) is -0.145. The van der Waals surface area contributed by atoms with Crippen molar-refractivity contribution in [2.45, 2.75) is 25.4 Å². The van der Waals surface area contributed by atoms with Gasteiger partial charge in [0.25, 0.3) is 0 Å². The van der Waals surface area contributed by atoms with Gasteiger partial charge in [0.15, 0.2) is 0 Å². The SMILES string of the molecule is Cn1cnn(CC(=O)NC2CC2)c1=O. The first-order chi connectivity index (χ1) is 6.66. The summed E-state index contributed by atoms with van der Waals surface area (Å²) in [5, 5.41) is 6.58. The van der Waals surface area contributed by atoms with E-state index < -0.39 is 0 Å². The maximum absolute atomic E-state index is 11.3. The number of aromatic nitrogens is 3. The Hall–Kier alpha value is -1.59. The highest BCUT2D eigenvalue weighted by molar-refractivity contribution is 5.76. The maximum atomic E-state index is 11.3. The van der Waals surface area contributed by atoms with E-state index in [1.807, 2.05) is 0 Å². The number of rotatable bonds is 3. The molecule has 6 heteroatoms. The third kappa shape index (κ3) is 1.84. The van der Waals surface area contributed by atoms with E-state index in [4.69, 9.17) is 0 Å². The molecule has 0 atom stereocenters. The highest BCUT2D eigenvalue weighted by Gasteiger charge is 2.23. The van der Waals surface area contributed by atoms with Crippen LogP contribution in [0.5, 0.6) is 0 Å². The molecule has 1 saturated carbocycles. The molecule has 0 aliphatic heterocycles. The van der Waals surface area contributed by atoms with E-state index in [0.717, 1.165) is 17.5 Å². The van der Waals surface area contributed by atoms with Crippen molar-refractivity contribution in [2.75, 3.05) is 0 Å². The third-order valence-electron chi connectivity index (χ3n) is 2.12. The number of carbonyl (C=O) groups is 1. The smallest absolute Gasteiger partial charge is 0.345 e. The van der Waals surface area contributed by atoms with Gasteiger partial charge >= 0.3 is 5.69 Å². The minimum atomic E-state index is -0.268. The standard InChI is InChI=1S/C8H12N4O2/c1-11-5-9-12(8(11)14)4-7(13)10-6-2-3-6/h5-6H,2-4H2,1H3,(H,10,13). The lowest BCUT2D eigenvalue weighted by molar-refractivity contribution is -0.122. The van der Waals surface area contributed by atoms with Crippen LogP contribution in [0.3, 0.4) is 0 Å². The van der Waals surface area contributed by atoms with E-state index in [1.165, 1.54) is 10.9 Å². The number of hydrogen-bond acceptors (Lipinski definition) is 3. The molecule has 14 heavy (non-hydrogen) atoms. The van der Waals surface area contributed by atoms with E-state index >= 15 is 0 Å². The molecule has 1 N–H and O–H groups in total. The molecule has 1 aliphatic rings. The molecule has 0 bridgehead atoms. The molecule has 1 amide bonds. The number of amides is 1. The molecule has 0 aromatic carbocycles. The van der Waals surface area contributed by atoms with Gasteiger partial charge in [0.2, 0.25) is 5.91 Å². The monoisotopic (exact) mass is 196 g/mol. The van der Waals surface area contributed by atoms with Crippen molar-refractivity contribution >= 4 is 5.91 Å². The Kier molecular flexibility index (Phi) is 2.11. The van der Waals surface area contributed by atoms with Crippen LogP contribution in [-0.4, -0.2) is 26.3 Å². The Balaban J connectivity index is 1.99. The summed E-state index contributed by atoms with van der Waals surface area (Å²) in [4.78, 5) is 22.6. The molecule has 6 nitrogen and oxygen atoms in total. The average Bonchev–Trinajstić information content (AvgIpc) is 2.89. The molecule has 0 radical (unpaired) electrons. The van der Waals surface area contributed by atoms with Crippen molar-refractivity contribution in [2.24, 2.45) is 7.05 Å². The minimum absolute atomic E-state index is 0.0101. The van der Waals surface area contributed by atoms with E-state index in [-0.39, 0.29) is 18.1 Å². The Bertz CT molecular complexity index is 402. The lowest BCUT2D eigenvalue weighted by Gasteiger charge is -2.01. The number of hydrogen-bond donors (Lipinski definition) is 1. The van der Waals surface area contributed by atoms with Gasteiger partial charge in [-0.1, -0.05) is 0 Å². The normalized spacial score (nSPS) is 15.5. The van der Waals surface area contributed by atoms with Crippen molar-refractivity contribution in [3.63, 3.8) is 0 Å². The van der Waals surface area contributed by atoms with Crippen LogP contribution in [0.4, 0.5) is 0 Å². The molecule has 1 fully saturated rings. The van der Waals surface area contributed by atoms with Gasteiger partial charge in [-0.25, -0.2) is 9.48 Å². The number of aryl methyl sites for hydroxylation is 1. The molecule has 0 saturated heterocycles. The van der Waals surface area contributed by atoms with Gasteiger partial charge < -0.3 is 5.32 Å². The van der Waals surface area contributed by atoms with Gasteiger partial charge in [-0.3, -0.25) is 9.36 Å². The fourth-order valence-electron chi connectivity index (χ4n) is 1.17. The number of carbonyl (C=O) groups excluding carboxylic acids is 1. The maximum Gasteiger partial charge on any atom is 0.345 e. The van der Waals surface area contributed by atoms with Crippen LogP contribution in [0.2, 0.25) is 0 Å². The first-order valence-electron chi connectivity index (χ1n) is 4.54. The zero-order chi connectivity index (χ0) is 10.1. The van der Waals surface area contributed by atoms with Gasteiger partial charge in [0.1, 0.15) is 12.9 Å². The Morgan fingerprint density at radius 2 is 2.43 bits per heavy atom. The van der Waals surface area contributed by atoms with E-state index in [1.54, 1.807) is 7.05 Å². The van der Waals surface area contributed by atoms with Crippen LogP contribution in [0.1, 0.15) is 12.8 Å². The highest BCUT2D eigenvalue weighted by atomic mass is 16.2. The molecule has 0 spiro atoms. The molecule has 0 unspecified atom stereocenters. The van der Waals surface area contributed by atoms with E-state index in [0.29, 0.717) is 6.04 Å². The average molecular weight is 196 g/mol. The summed E-state index contributed by atoms with van der Waals surface area (Å²) in [5.41, 5.74) is -0.268. The largest absolute Gasteiger partial charge is 0.352 e. The van der Waals surface area contributed by atoms with Gasteiger partial charge in [-0.2, -0.15) is 5.10 Å². The lowest BCUT2D eigenvalue weighted by Crippen LogP contribution is -2.34. The molecular formula is C8H12N4O2. The second-order valence-electron chi connectivity index (χ2n) is 3.52. The summed E-state index contributed by atoms with van der Waals surface area (Å²) in [6, 6.07) is 0.321. The van der Waals surface area contributed by atoms with Gasteiger partial charge in [-0.15, -0.1) is 0 Å². The third-order valence-corrected chi connectivity index (χ3v) is 2.12. The van der Waals surface area contributed by atoms with Crippen LogP contribution in [0.25, 0.3) is 0 Å². The molecule has 1 aliphatic carbocycles. The van der Waals surface area contributed by atoms with Gasteiger partial charge in [-0.05, 0) is 12.8 Å². The summed E-state index contributed by atoms with van der Waals surface area (Å²) in [6.45, 7) is 0.0101. The van der Waals surface area contributed by atoms with Crippen LogP contribution in [-0.2, 0) is 18.4 Å². The summed E-state index contributed by atoms with van der Waals surface area (Å²) < 4.78 is 2.49. The lowest BCUT2D eigenvalue weighted by atomic mass is 10.5. The number of nitrogens with one attached hydrogen (secondary N) is 1. The first kappa shape index (κ1) is 8.98. The Morgan fingerprint density at radius 3 is 2.93 bits per heavy atom. The van der Waals surface area contributed by atoms with Crippen molar-refractivity contribution in [1.29, 1.82) is 0 Å². The fraction of sp³-hybridized carbons (Fsp3) is 0.625. The second kappa shape index (κ2) is 3.28. The van der Waals surface area contributed by atoms with Crippen LogP contribution in [0, 0.1) is 0 Å². The van der Waals surface area contributed by atoms with E-state index in [2.05, 4.69) is 10.4 Å². The van der Waals surface area contributed by atoms with Gasteiger partial charge in [0.05, 0.1) is 0 Å². The predicted octanol–water partition coefficient (Wildman–Crippen LogP) is -1.14. The van der Waals surface area contributed by atoms with Crippen molar-refractivity contribution in [3.8, 4) is 0 Å². The summed E-state index contributed by atoms with van der Waals surface area (Å²) in [7, 11) is 1.60. The summed E-state index contributed by atoms with van der Waals surface area (Å²) >= 11 is 0.